The lowest BCUT2D eigenvalue weighted by Crippen LogP contribution is -2.11. The predicted octanol–water partition coefficient (Wildman–Crippen LogP) is 1.59. The molecular formula is C10H10BrN3O2S. The number of sulfonamides is 1. The van der Waals surface area contributed by atoms with E-state index >= 15 is 0 Å². The predicted molar refractivity (Wildman–Crippen MR) is 67.4 cm³/mol. The summed E-state index contributed by atoms with van der Waals surface area (Å²) in [5.74, 6) is 0. The molecular weight excluding hydrogens is 306 g/mol. The molecule has 0 spiro atoms. The highest BCUT2D eigenvalue weighted by Crippen LogP contribution is 2.19. The van der Waals surface area contributed by atoms with E-state index in [4.69, 9.17) is 5.14 Å². The lowest BCUT2D eigenvalue weighted by Gasteiger charge is -2.05. The van der Waals surface area contributed by atoms with Gasteiger partial charge in [0.25, 0.3) is 0 Å². The summed E-state index contributed by atoms with van der Waals surface area (Å²) in [5, 5.41) is 9.01. The smallest absolute Gasteiger partial charge is 0.239 e. The van der Waals surface area contributed by atoms with Gasteiger partial charge in [0.15, 0.2) is 0 Å². The lowest BCUT2D eigenvalue weighted by atomic mass is 10.2. The van der Waals surface area contributed by atoms with Gasteiger partial charge in [-0.2, -0.15) is 5.10 Å². The van der Waals surface area contributed by atoms with Crippen LogP contribution in [0, 0.1) is 6.92 Å². The Bertz CT molecular complexity index is 664. The second kappa shape index (κ2) is 4.25. The normalized spacial score (nSPS) is 11.7. The highest BCUT2D eigenvalue weighted by atomic mass is 79.9. The van der Waals surface area contributed by atoms with Crippen LogP contribution in [0.5, 0.6) is 0 Å². The largest absolute Gasteiger partial charge is 0.241 e. The van der Waals surface area contributed by atoms with Crippen LogP contribution < -0.4 is 5.14 Å². The molecule has 7 heteroatoms. The fourth-order valence-electron chi connectivity index (χ4n) is 1.46. The summed E-state index contributed by atoms with van der Waals surface area (Å²) < 4.78 is 24.7. The number of benzene rings is 1. The molecule has 1 aromatic heterocycles. The van der Waals surface area contributed by atoms with Crippen molar-refractivity contribution < 1.29 is 8.42 Å². The molecule has 0 saturated heterocycles. The minimum atomic E-state index is -3.70. The molecule has 17 heavy (non-hydrogen) atoms. The van der Waals surface area contributed by atoms with Crippen molar-refractivity contribution in [2.75, 3.05) is 0 Å². The van der Waals surface area contributed by atoms with Crippen molar-refractivity contribution in [3.05, 3.63) is 40.6 Å². The molecule has 0 fully saturated rings. The number of halogens is 1. The number of aryl methyl sites for hydroxylation is 1. The zero-order valence-electron chi connectivity index (χ0n) is 8.96. The van der Waals surface area contributed by atoms with Gasteiger partial charge in [0.1, 0.15) is 4.90 Å². The fraction of sp³-hybridized carbons (Fsp3) is 0.100. The van der Waals surface area contributed by atoms with Crippen LogP contribution >= 0.6 is 15.9 Å². The Morgan fingerprint density at radius 3 is 2.65 bits per heavy atom. The zero-order valence-corrected chi connectivity index (χ0v) is 11.4. The zero-order chi connectivity index (χ0) is 12.6. The maximum absolute atomic E-state index is 11.1. The molecule has 2 aromatic rings. The maximum atomic E-state index is 11.1. The molecule has 0 amide bonds. The van der Waals surface area contributed by atoms with Crippen LogP contribution in [-0.2, 0) is 10.0 Å². The van der Waals surface area contributed by atoms with Crippen molar-refractivity contribution in [2.24, 2.45) is 5.14 Å². The van der Waals surface area contributed by atoms with Crippen LogP contribution in [0.25, 0.3) is 5.69 Å². The number of aromatic nitrogens is 2. The summed E-state index contributed by atoms with van der Waals surface area (Å²) >= 11 is 3.36. The van der Waals surface area contributed by atoms with Gasteiger partial charge in [-0.15, -0.1) is 0 Å². The van der Waals surface area contributed by atoms with Gasteiger partial charge in [-0.05, 0) is 30.7 Å². The quantitative estimate of drug-likeness (QED) is 0.914. The second-order valence-corrected chi connectivity index (χ2v) is 6.07. The topological polar surface area (TPSA) is 78.0 Å². The summed E-state index contributed by atoms with van der Waals surface area (Å²) in [6.07, 6.45) is 2.63. The Balaban J connectivity index is 2.51. The third-order valence-corrected chi connectivity index (χ3v) is 3.65. The standard InChI is InChI=1S/C10H10BrN3O2S/c1-7-4-8(11)2-3-10(7)14-6-9(5-13-14)17(12,15)16/h2-6H,1H3,(H2,12,15,16). The number of nitrogens with zero attached hydrogens (tertiary/aromatic N) is 2. The second-order valence-electron chi connectivity index (χ2n) is 3.60. The number of hydrogen-bond acceptors (Lipinski definition) is 3. The van der Waals surface area contributed by atoms with E-state index in [0.29, 0.717) is 0 Å². The van der Waals surface area contributed by atoms with E-state index in [9.17, 15) is 8.42 Å². The highest BCUT2D eigenvalue weighted by molar-refractivity contribution is 9.10. The van der Waals surface area contributed by atoms with Crippen molar-refractivity contribution in [1.82, 2.24) is 9.78 Å². The highest BCUT2D eigenvalue weighted by Gasteiger charge is 2.12. The number of rotatable bonds is 2. The van der Waals surface area contributed by atoms with Crippen molar-refractivity contribution in [2.45, 2.75) is 11.8 Å². The summed E-state index contributed by atoms with van der Waals surface area (Å²) in [5.41, 5.74) is 1.78. The summed E-state index contributed by atoms with van der Waals surface area (Å²) in [6, 6.07) is 5.63. The van der Waals surface area contributed by atoms with Crippen LogP contribution in [0.3, 0.4) is 0 Å². The number of hydrogen-bond donors (Lipinski definition) is 1. The van der Waals surface area contributed by atoms with E-state index in [1.54, 1.807) is 0 Å². The van der Waals surface area contributed by atoms with Gasteiger partial charge in [0, 0.05) is 4.47 Å². The van der Waals surface area contributed by atoms with Gasteiger partial charge < -0.3 is 0 Å². The molecule has 0 atom stereocenters. The molecule has 1 heterocycles. The number of nitrogens with two attached hydrogens (primary N) is 1. The molecule has 5 nitrogen and oxygen atoms in total. The Labute approximate surface area is 107 Å². The molecule has 0 aliphatic carbocycles. The first-order valence-corrected chi connectivity index (χ1v) is 7.06. The average Bonchev–Trinajstić information content (AvgIpc) is 2.65. The minimum absolute atomic E-state index is 0.000168. The van der Waals surface area contributed by atoms with Gasteiger partial charge in [0.2, 0.25) is 10.0 Å². The van der Waals surface area contributed by atoms with Crippen LogP contribution in [0.2, 0.25) is 0 Å². The van der Waals surface area contributed by atoms with Crippen LogP contribution in [0.4, 0.5) is 0 Å². The average molecular weight is 316 g/mol. The van der Waals surface area contributed by atoms with Gasteiger partial charge in [-0.1, -0.05) is 15.9 Å². The van der Waals surface area contributed by atoms with Gasteiger partial charge >= 0.3 is 0 Å². The summed E-state index contributed by atoms with van der Waals surface area (Å²) in [7, 11) is -3.70. The van der Waals surface area contributed by atoms with Gasteiger partial charge in [-0.3, -0.25) is 0 Å². The molecule has 0 aliphatic rings. The summed E-state index contributed by atoms with van der Waals surface area (Å²) in [4.78, 5) is -0.000168. The first-order valence-electron chi connectivity index (χ1n) is 4.72. The number of primary sulfonamides is 1. The van der Waals surface area contributed by atoms with Crippen LogP contribution in [0.15, 0.2) is 40.0 Å². The van der Waals surface area contributed by atoms with E-state index in [1.165, 1.54) is 17.1 Å². The monoisotopic (exact) mass is 315 g/mol. The van der Waals surface area contributed by atoms with Crippen LogP contribution in [0.1, 0.15) is 5.56 Å². The van der Waals surface area contributed by atoms with E-state index in [-0.39, 0.29) is 4.90 Å². The summed E-state index contributed by atoms with van der Waals surface area (Å²) in [6.45, 7) is 1.92. The Kier molecular flexibility index (Phi) is 3.07. The molecule has 2 rings (SSSR count). The van der Waals surface area contributed by atoms with Crippen molar-refractivity contribution in [3.8, 4) is 5.69 Å². The van der Waals surface area contributed by atoms with E-state index < -0.39 is 10.0 Å². The van der Waals surface area contributed by atoms with Gasteiger partial charge in [-0.25, -0.2) is 18.2 Å². The van der Waals surface area contributed by atoms with E-state index in [2.05, 4.69) is 21.0 Å². The fourth-order valence-corrected chi connectivity index (χ4v) is 2.38. The Morgan fingerprint density at radius 1 is 1.41 bits per heavy atom. The first-order chi connectivity index (χ1) is 7.88. The van der Waals surface area contributed by atoms with E-state index in [0.717, 1.165) is 15.7 Å². The molecule has 0 aliphatic heterocycles. The van der Waals surface area contributed by atoms with Gasteiger partial charge in [0.05, 0.1) is 18.1 Å². The van der Waals surface area contributed by atoms with Crippen molar-refractivity contribution >= 4 is 26.0 Å². The third kappa shape index (κ3) is 2.56. The lowest BCUT2D eigenvalue weighted by molar-refractivity contribution is 0.598. The molecule has 0 unspecified atom stereocenters. The van der Waals surface area contributed by atoms with Crippen LogP contribution in [-0.4, -0.2) is 18.2 Å². The first kappa shape index (κ1) is 12.3. The maximum Gasteiger partial charge on any atom is 0.241 e. The Hall–Kier alpha value is -1.18. The SMILES string of the molecule is Cc1cc(Br)ccc1-n1cc(S(N)(=O)=O)cn1. The molecule has 1 aromatic carbocycles. The molecule has 0 saturated carbocycles. The minimum Gasteiger partial charge on any atom is -0.239 e. The van der Waals surface area contributed by atoms with Crippen molar-refractivity contribution in [1.29, 1.82) is 0 Å². The molecule has 0 bridgehead atoms. The Morgan fingerprint density at radius 2 is 2.12 bits per heavy atom. The third-order valence-electron chi connectivity index (χ3n) is 2.29. The van der Waals surface area contributed by atoms with E-state index in [1.807, 2.05) is 25.1 Å². The molecule has 2 N–H and O–H groups in total. The molecule has 0 radical (unpaired) electrons. The van der Waals surface area contributed by atoms with Crippen molar-refractivity contribution in [3.63, 3.8) is 0 Å². The molecule has 90 valence electrons.